The molecule has 0 bridgehead atoms. The molecule has 30 heavy (non-hydrogen) atoms. The average Bonchev–Trinajstić information content (AvgIpc) is 3.45. The smallest absolute Gasteiger partial charge is 0.154 e. The number of aromatic nitrogens is 6. The van der Waals surface area contributed by atoms with Crippen molar-refractivity contribution >= 4 is 22.7 Å². The molecule has 1 atom stereocenters. The van der Waals surface area contributed by atoms with Crippen LogP contribution >= 0.6 is 0 Å². The summed E-state index contributed by atoms with van der Waals surface area (Å²) in [4.78, 5) is 9.32. The van der Waals surface area contributed by atoms with E-state index in [0.717, 1.165) is 47.2 Å². The summed E-state index contributed by atoms with van der Waals surface area (Å²) in [7, 11) is 0. The lowest BCUT2D eigenvalue weighted by atomic mass is 10.1. The van der Waals surface area contributed by atoms with E-state index < -0.39 is 0 Å². The average molecular weight is 400 g/mol. The van der Waals surface area contributed by atoms with E-state index in [1.807, 2.05) is 35.3 Å². The minimum Gasteiger partial charge on any atom is -0.323 e. The van der Waals surface area contributed by atoms with Gasteiger partial charge in [-0.1, -0.05) is 13.8 Å². The van der Waals surface area contributed by atoms with Crippen LogP contribution in [0.15, 0.2) is 49.1 Å². The van der Waals surface area contributed by atoms with Gasteiger partial charge in [0.2, 0.25) is 0 Å². The summed E-state index contributed by atoms with van der Waals surface area (Å²) in [6.45, 7) is 6.28. The second-order valence-electron chi connectivity index (χ2n) is 7.97. The number of rotatable bonds is 5. The molecule has 0 aromatic carbocycles. The molecule has 4 aromatic rings. The van der Waals surface area contributed by atoms with Crippen molar-refractivity contribution in [2.45, 2.75) is 32.2 Å². The van der Waals surface area contributed by atoms with Crippen LogP contribution in [0.3, 0.4) is 0 Å². The number of nitrogens with one attached hydrogen (secondary N) is 2. The summed E-state index contributed by atoms with van der Waals surface area (Å²) in [6.07, 6.45) is 8.77. The van der Waals surface area contributed by atoms with E-state index in [0.29, 0.717) is 23.6 Å². The van der Waals surface area contributed by atoms with Crippen molar-refractivity contribution in [2.24, 2.45) is 0 Å². The number of nitrogens with zero attached hydrogens (tertiary/aromatic N) is 6. The SMILES string of the molecule is CC(C)c1cnnc(Nc2ccc3ncc(-c4cnn([C@H]5CCNC5)c4)cc3n2)c1. The maximum Gasteiger partial charge on any atom is 0.154 e. The van der Waals surface area contributed by atoms with Crippen molar-refractivity contribution in [1.29, 1.82) is 0 Å². The molecule has 5 rings (SSSR count). The molecular weight excluding hydrogens is 376 g/mol. The van der Waals surface area contributed by atoms with Gasteiger partial charge in [0.05, 0.1) is 29.5 Å². The molecular formula is C22H24N8. The Hall–Kier alpha value is -3.39. The highest BCUT2D eigenvalue weighted by atomic mass is 15.3. The molecule has 4 aromatic heterocycles. The zero-order valence-corrected chi connectivity index (χ0v) is 17.1. The lowest BCUT2D eigenvalue weighted by Crippen LogP contribution is -2.13. The Morgan fingerprint density at radius 3 is 2.83 bits per heavy atom. The molecule has 8 nitrogen and oxygen atoms in total. The predicted molar refractivity (Wildman–Crippen MR) is 117 cm³/mol. The standard InChI is InChI=1S/C22H24N8/c1-14(2)15-8-22(29-25-10-15)28-21-4-3-19-20(27-21)7-16(9-24-19)17-11-26-30(13-17)18-5-6-23-12-18/h3-4,7-11,13-14,18,23H,5-6,12H2,1-2H3,(H,27,28,29)/t18-/m0/s1. The van der Waals surface area contributed by atoms with E-state index in [1.165, 1.54) is 0 Å². The quantitative estimate of drug-likeness (QED) is 0.528. The molecule has 1 aliphatic rings. The molecule has 0 radical (unpaired) electrons. The van der Waals surface area contributed by atoms with Crippen LogP contribution in [0.5, 0.6) is 0 Å². The van der Waals surface area contributed by atoms with Crippen LogP contribution < -0.4 is 10.6 Å². The highest BCUT2D eigenvalue weighted by Crippen LogP contribution is 2.25. The number of hydrogen-bond acceptors (Lipinski definition) is 7. The normalized spacial score (nSPS) is 16.4. The molecule has 0 spiro atoms. The van der Waals surface area contributed by atoms with Gasteiger partial charge in [-0.2, -0.15) is 10.2 Å². The zero-order chi connectivity index (χ0) is 20.5. The first-order chi connectivity index (χ1) is 14.7. The van der Waals surface area contributed by atoms with Crippen molar-refractivity contribution in [3.05, 3.63) is 54.6 Å². The van der Waals surface area contributed by atoms with E-state index in [9.17, 15) is 0 Å². The molecule has 1 saturated heterocycles. The van der Waals surface area contributed by atoms with Crippen molar-refractivity contribution in [3.8, 4) is 11.1 Å². The number of anilines is 2. The number of pyridine rings is 2. The van der Waals surface area contributed by atoms with Gasteiger partial charge in [-0.15, -0.1) is 5.10 Å². The summed E-state index contributed by atoms with van der Waals surface area (Å²) in [5.74, 6) is 1.78. The highest BCUT2D eigenvalue weighted by Gasteiger charge is 2.17. The Morgan fingerprint density at radius 2 is 2.00 bits per heavy atom. The molecule has 1 aliphatic heterocycles. The first-order valence-corrected chi connectivity index (χ1v) is 10.3. The summed E-state index contributed by atoms with van der Waals surface area (Å²) < 4.78 is 2.05. The second-order valence-corrected chi connectivity index (χ2v) is 7.97. The van der Waals surface area contributed by atoms with Crippen LogP contribution in [-0.2, 0) is 0 Å². The fraction of sp³-hybridized carbons (Fsp3) is 0.318. The summed E-state index contributed by atoms with van der Waals surface area (Å²) in [5, 5.41) is 19.4. The van der Waals surface area contributed by atoms with E-state index in [-0.39, 0.29) is 0 Å². The van der Waals surface area contributed by atoms with Crippen molar-refractivity contribution in [3.63, 3.8) is 0 Å². The summed E-state index contributed by atoms with van der Waals surface area (Å²) in [6, 6.07) is 8.34. The van der Waals surface area contributed by atoms with Gasteiger partial charge < -0.3 is 10.6 Å². The molecule has 0 unspecified atom stereocenters. The molecule has 1 fully saturated rings. The van der Waals surface area contributed by atoms with Crippen molar-refractivity contribution in [1.82, 2.24) is 35.3 Å². The summed E-state index contributed by atoms with van der Waals surface area (Å²) in [5.41, 5.74) is 4.85. The van der Waals surface area contributed by atoms with Gasteiger partial charge in [-0.3, -0.25) is 9.67 Å². The van der Waals surface area contributed by atoms with Crippen molar-refractivity contribution < 1.29 is 0 Å². The van der Waals surface area contributed by atoms with Gasteiger partial charge in [-0.25, -0.2) is 4.98 Å². The molecule has 152 valence electrons. The monoisotopic (exact) mass is 400 g/mol. The Labute approximate surface area is 174 Å². The van der Waals surface area contributed by atoms with E-state index in [1.54, 1.807) is 6.20 Å². The lowest BCUT2D eigenvalue weighted by Gasteiger charge is -2.09. The van der Waals surface area contributed by atoms with Crippen LogP contribution in [0.25, 0.3) is 22.2 Å². The van der Waals surface area contributed by atoms with Crippen LogP contribution in [0.1, 0.15) is 37.8 Å². The Balaban J connectivity index is 1.42. The molecule has 2 N–H and O–H groups in total. The Morgan fingerprint density at radius 1 is 1.07 bits per heavy atom. The van der Waals surface area contributed by atoms with Crippen LogP contribution in [0.2, 0.25) is 0 Å². The topological polar surface area (TPSA) is 93.4 Å². The molecule has 0 aliphatic carbocycles. The predicted octanol–water partition coefficient (Wildman–Crippen LogP) is 3.68. The molecule has 5 heterocycles. The van der Waals surface area contributed by atoms with Gasteiger partial charge in [0, 0.05) is 30.1 Å². The van der Waals surface area contributed by atoms with Gasteiger partial charge in [0.1, 0.15) is 5.82 Å². The first kappa shape index (κ1) is 18.6. The lowest BCUT2D eigenvalue weighted by molar-refractivity contribution is 0.491. The third-order valence-corrected chi connectivity index (χ3v) is 5.48. The number of fused-ring (bicyclic) bond motifs is 1. The van der Waals surface area contributed by atoms with Gasteiger partial charge >= 0.3 is 0 Å². The Kier molecular flexibility index (Phi) is 4.84. The summed E-state index contributed by atoms with van der Waals surface area (Å²) >= 11 is 0. The van der Waals surface area contributed by atoms with E-state index in [2.05, 4.69) is 57.0 Å². The molecule has 8 heteroatoms. The molecule has 0 saturated carbocycles. The first-order valence-electron chi connectivity index (χ1n) is 10.3. The van der Waals surface area contributed by atoms with E-state index >= 15 is 0 Å². The van der Waals surface area contributed by atoms with Gasteiger partial charge in [-0.05, 0) is 48.7 Å². The largest absolute Gasteiger partial charge is 0.323 e. The second kappa shape index (κ2) is 7.79. The highest BCUT2D eigenvalue weighted by molar-refractivity contribution is 5.81. The van der Waals surface area contributed by atoms with Crippen LogP contribution in [0.4, 0.5) is 11.6 Å². The minimum absolute atomic E-state index is 0.387. The molecule has 0 amide bonds. The Bertz CT molecular complexity index is 1180. The zero-order valence-electron chi connectivity index (χ0n) is 17.1. The fourth-order valence-corrected chi connectivity index (χ4v) is 3.68. The van der Waals surface area contributed by atoms with Crippen LogP contribution in [-0.4, -0.2) is 43.0 Å². The maximum absolute atomic E-state index is 4.74. The van der Waals surface area contributed by atoms with Gasteiger partial charge in [0.25, 0.3) is 0 Å². The van der Waals surface area contributed by atoms with Gasteiger partial charge in [0.15, 0.2) is 5.82 Å². The fourth-order valence-electron chi connectivity index (χ4n) is 3.68. The van der Waals surface area contributed by atoms with E-state index in [4.69, 9.17) is 4.98 Å². The number of hydrogen-bond donors (Lipinski definition) is 2. The third-order valence-electron chi connectivity index (χ3n) is 5.48. The maximum atomic E-state index is 4.74. The van der Waals surface area contributed by atoms with Crippen LogP contribution in [0, 0.1) is 0 Å². The minimum atomic E-state index is 0.387. The third kappa shape index (κ3) is 3.73. The van der Waals surface area contributed by atoms with Crippen molar-refractivity contribution in [2.75, 3.05) is 18.4 Å².